The van der Waals surface area contributed by atoms with Crippen LogP contribution in [0.15, 0.2) is 5.11 Å². The van der Waals surface area contributed by atoms with Crippen LogP contribution in [-0.4, -0.2) is 17.6 Å². The number of halogens is 1. The fourth-order valence-electron chi connectivity index (χ4n) is 1.53. The van der Waals surface area contributed by atoms with E-state index in [0.29, 0.717) is 0 Å². The van der Waals surface area contributed by atoms with Gasteiger partial charge in [-0.05, 0) is 24.8 Å². The summed E-state index contributed by atoms with van der Waals surface area (Å²) >= 11 is 5.08. The molecule has 0 spiro atoms. The Morgan fingerprint density at radius 2 is 2.23 bits per heavy atom. The number of hydrogen-bond acceptors (Lipinski definition) is 3. The van der Waals surface area contributed by atoms with Gasteiger partial charge in [0.25, 0.3) is 0 Å². The highest BCUT2D eigenvalue weighted by molar-refractivity contribution is 6.61. The molecule has 1 rings (SSSR count). The van der Waals surface area contributed by atoms with E-state index < -0.39 is 5.43 Å². The molecule has 0 aromatic carbocycles. The maximum absolute atomic E-state index is 10.5. The van der Waals surface area contributed by atoms with Crippen molar-refractivity contribution in [2.75, 3.05) is 0 Å². The predicted octanol–water partition coefficient (Wildman–Crippen LogP) is 2.98. The molecule has 0 N–H and O–H groups in total. The molecule has 0 aliphatic heterocycles. The molecule has 0 aromatic rings. The first-order valence-corrected chi connectivity index (χ1v) is 4.52. The van der Waals surface area contributed by atoms with Crippen LogP contribution < -0.4 is 0 Å². The van der Waals surface area contributed by atoms with Crippen molar-refractivity contribution in [3.05, 3.63) is 10.4 Å². The summed E-state index contributed by atoms with van der Waals surface area (Å²) in [5, 5.41) is 3.56. The van der Waals surface area contributed by atoms with E-state index in [1.54, 1.807) is 0 Å². The summed E-state index contributed by atoms with van der Waals surface area (Å²) < 4.78 is 4.82. The van der Waals surface area contributed by atoms with Gasteiger partial charge in [-0.2, -0.15) is 0 Å². The maximum atomic E-state index is 10.5. The van der Waals surface area contributed by atoms with Gasteiger partial charge in [0.15, 0.2) is 0 Å². The highest BCUT2D eigenvalue weighted by Gasteiger charge is 2.26. The van der Waals surface area contributed by atoms with Crippen LogP contribution in [0.4, 0.5) is 4.79 Å². The van der Waals surface area contributed by atoms with Crippen molar-refractivity contribution in [2.45, 2.75) is 37.8 Å². The van der Waals surface area contributed by atoms with Crippen LogP contribution in [0.5, 0.6) is 0 Å². The zero-order chi connectivity index (χ0) is 9.68. The SMILES string of the molecule is [N-]=[N+]=N[C@@H]1CCCC[C@H]1OC(=O)Cl. The number of azide groups is 1. The lowest BCUT2D eigenvalue weighted by atomic mass is 9.93. The van der Waals surface area contributed by atoms with Crippen molar-refractivity contribution in [1.82, 2.24) is 0 Å². The lowest BCUT2D eigenvalue weighted by molar-refractivity contribution is 0.0811. The highest BCUT2D eigenvalue weighted by atomic mass is 35.5. The van der Waals surface area contributed by atoms with E-state index in [0.717, 1.165) is 25.7 Å². The summed E-state index contributed by atoms with van der Waals surface area (Å²) in [6.45, 7) is 0. The third-order valence-corrected chi connectivity index (χ3v) is 2.20. The van der Waals surface area contributed by atoms with Crippen LogP contribution in [0.1, 0.15) is 25.7 Å². The second kappa shape index (κ2) is 4.94. The number of hydrogen-bond donors (Lipinski definition) is 0. The van der Waals surface area contributed by atoms with Crippen LogP contribution in [0.25, 0.3) is 10.4 Å². The third-order valence-electron chi connectivity index (χ3n) is 2.11. The van der Waals surface area contributed by atoms with Crippen molar-refractivity contribution in [1.29, 1.82) is 0 Å². The van der Waals surface area contributed by atoms with E-state index in [9.17, 15) is 4.79 Å². The number of carbonyl (C=O) groups excluding carboxylic acids is 1. The first kappa shape index (κ1) is 10.2. The average Bonchev–Trinajstić information content (AvgIpc) is 2.08. The monoisotopic (exact) mass is 203 g/mol. The van der Waals surface area contributed by atoms with Gasteiger partial charge in [-0.3, -0.25) is 0 Å². The van der Waals surface area contributed by atoms with Crippen molar-refractivity contribution < 1.29 is 9.53 Å². The van der Waals surface area contributed by atoms with Crippen molar-refractivity contribution in [3.8, 4) is 0 Å². The summed E-state index contributed by atoms with van der Waals surface area (Å²) in [4.78, 5) is 13.2. The number of ether oxygens (including phenoxy) is 1. The van der Waals surface area contributed by atoms with Gasteiger partial charge < -0.3 is 4.74 Å². The van der Waals surface area contributed by atoms with Gasteiger partial charge in [0, 0.05) is 16.5 Å². The molecule has 13 heavy (non-hydrogen) atoms. The van der Waals surface area contributed by atoms with E-state index in [2.05, 4.69) is 10.0 Å². The average molecular weight is 204 g/mol. The lowest BCUT2D eigenvalue weighted by Gasteiger charge is -2.26. The van der Waals surface area contributed by atoms with Gasteiger partial charge in [0.05, 0.1) is 6.04 Å². The third kappa shape index (κ3) is 3.13. The van der Waals surface area contributed by atoms with E-state index in [4.69, 9.17) is 21.9 Å². The van der Waals surface area contributed by atoms with Gasteiger partial charge >= 0.3 is 5.43 Å². The Kier molecular flexibility index (Phi) is 3.86. The van der Waals surface area contributed by atoms with Crippen molar-refractivity contribution in [3.63, 3.8) is 0 Å². The Labute approximate surface area is 80.6 Å². The standard InChI is InChI=1S/C7H10ClN3O2/c8-7(12)13-6-4-2-1-3-5(6)10-11-9/h5-6H,1-4H2/t5-,6-/m1/s1. The molecule has 72 valence electrons. The molecule has 1 aliphatic carbocycles. The minimum Gasteiger partial charge on any atom is -0.450 e. The summed E-state index contributed by atoms with van der Waals surface area (Å²) in [5.41, 5.74) is 7.43. The first-order valence-electron chi connectivity index (χ1n) is 4.14. The molecular formula is C7H10ClN3O2. The number of carbonyl (C=O) groups is 1. The molecular weight excluding hydrogens is 194 g/mol. The molecule has 2 atom stereocenters. The Morgan fingerprint density at radius 3 is 2.85 bits per heavy atom. The minimum absolute atomic E-state index is 0.249. The smallest absolute Gasteiger partial charge is 0.404 e. The zero-order valence-corrected chi connectivity index (χ0v) is 7.78. The molecule has 0 amide bonds. The van der Waals surface area contributed by atoms with Crippen LogP contribution in [0.2, 0.25) is 0 Å². The topological polar surface area (TPSA) is 75.1 Å². The predicted molar refractivity (Wildman–Crippen MR) is 47.5 cm³/mol. The molecule has 1 aliphatic rings. The van der Waals surface area contributed by atoms with Gasteiger partial charge in [-0.1, -0.05) is 11.5 Å². The summed E-state index contributed by atoms with van der Waals surface area (Å²) in [6.07, 6.45) is 3.13. The highest BCUT2D eigenvalue weighted by Crippen LogP contribution is 2.24. The van der Waals surface area contributed by atoms with E-state index in [1.807, 2.05) is 0 Å². The van der Waals surface area contributed by atoms with E-state index >= 15 is 0 Å². The van der Waals surface area contributed by atoms with E-state index in [-0.39, 0.29) is 12.1 Å². The molecule has 0 heterocycles. The van der Waals surface area contributed by atoms with Crippen LogP contribution in [0.3, 0.4) is 0 Å². The largest absolute Gasteiger partial charge is 0.450 e. The molecule has 1 fully saturated rings. The molecule has 0 bridgehead atoms. The molecule has 0 unspecified atom stereocenters. The summed E-state index contributed by atoms with van der Waals surface area (Å²) in [6, 6.07) is -0.249. The Hall–Kier alpha value is -0.930. The zero-order valence-electron chi connectivity index (χ0n) is 7.02. The molecule has 5 nitrogen and oxygen atoms in total. The second-order valence-electron chi connectivity index (χ2n) is 2.95. The van der Waals surface area contributed by atoms with Gasteiger partial charge in [0.2, 0.25) is 0 Å². The second-order valence-corrected chi connectivity index (χ2v) is 3.26. The molecule has 0 radical (unpaired) electrons. The summed E-state index contributed by atoms with van der Waals surface area (Å²) in [5.74, 6) is 0. The molecule has 0 aromatic heterocycles. The molecule has 0 saturated heterocycles. The minimum atomic E-state index is -0.829. The normalized spacial score (nSPS) is 27.5. The Morgan fingerprint density at radius 1 is 1.54 bits per heavy atom. The van der Waals surface area contributed by atoms with E-state index in [1.165, 1.54) is 0 Å². The first-order chi connectivity index (χ1) is 6.24. The maximum Gasteiger partial charge on any atom is 0.404 e. The van der Waals surface area contributed by atoms with Crippen molar-refractivity contribution >= 4 is 17.0 Å². The van der Waals surface area contributed by atoms with Gasteiger partial charge in [0.1, 0.15) is 6.10 Å². The number of nitrogens with zero attached hydrogens (tertiary/aromatic N) is 3. The van der Waals surface area contributed by atoms with Gasteiger partial charge in [-0.25, -0.2) is 4.79 Å². The van der Waals surface area contributed by atoms with Gasteiger partial charge in [-0.15, -0.1) is 0 Å². The Bertz CT molecular complexity index is 240. The van der Waals surface area contributed by atoms with Crippen LogP contribution in [0, 0.1) is 0 Å². The fourth-order valence-corrected chi connectivity index (χ4v) is 1.65. The van der Waals surface area contributed by atoms with Crippen molar-refractivity contribution in [2.24, 2.45) is 5.11 Å². The van der Waals surface area contributed by atoms with Crippen LogP contribution in [-0.2, 0) is 4.74 Å². The Balaban J connectivity index is 2.55. The molecule has 6 heteroatoms. The summed E-state index contributed by atoms with van der Waals surface area (Å²) in [7, 11) is 0. The molecule has 1 saturated carbocycles. The quantitative estimate of drug-likeness (QED) is 0.299. The lowest BCUT2D eigenvalue weighted by Crippen LogP contribution is -2.31. The number of rotatable bonds is 2. The van der Waals surface area contributed by atoms with Crippen LogP contribution >= 0.6 is 11.6 Å². The fraction of sp³-hybridized carbons (Fsp3) is 0.857.